The number of nitrogens with zero attached hydrogens (tertiary/aromatic N) is 4. The number of anilines is 1. The van der Waals surface area contributed by atoms with E-state index in [1.165, 1.54) is 4.57 Å². The number of carboxylic acid groups (broad SMARTS) is 1. The van der Waals surface area contributed by atoms with Gasteiger partial charge in [0.15, 0.2) is 11.2 Å². The number of carboxylic acids is 1. The number of aromatic amines is 2. The maximum Gasteiger partial charge on any atom is 0.329 e. The third-order valence-corrected chi connectivity index (χ3v) is 6.41. The molecule has 39 heavy (non-hydrogen) atoms. The van der Waals surface area contributed by atoms with Crippen LogP contribution in [0, 0.1) is 0 Å². The molecule has 5 aromatic rings. The van der Waals surface area contributed by atoms with Gasteiger partial charge >= 0.3 is 11.7 Å². The number of benzene rings is 2. The minimum absolute atomic E-state index is 0.0238. The Balaban J connectivity index is 1.44. The van der Waals surface area contributed by atoms with Gasteiger partial charge in [0.05, 0.1) is 17.5 Å². The van der Waals surface area contributed by atoms with Crippen LogP contribution in [0.4, 0.5) is 5.69 Å². The minimum Gasteiger partial charge on any atom is -0.480 e. The predicted molar refractivity (Wildman–Crippen MR) is 144 cm³/mol. The van der Waals surface area contributed by atoms with Crippen molar-refractivity contribution in [3.05, 3.63) is 86.6 Å². The molecule has 0 saturated carbocycles. The first-order valence-corrected chi connectivity index (χ1v) is 12.2. The van der Waals surface area contributed by atoms with Crippen LogP contribution < -0.4 is 22.3 Å². The van der Waals surface area contributed by atoms with Gasteiger partial charge < -0.3 is 25.7 Å². The first kappa shape index (κ1) is 25.6. The first-order chi connectivity index (χ1) is 18.7. The summed E-state index contributed by atoms with van der Waals surface area (Å²) < 4.78 is 3.09. The highest BCUT2D eigenvalue weighted by molar-refractivity contribution is 5.93. The molecule has 13 heteroatoms. The number of hydrogen-bond acceptors (Lipinski definition) is 7. The third-order valence-electron chi connectivity index (χ3n) is 6.41. The highest BCUT2D eigenvalue weighted by atomic mass is 16.4. The Hall–Kier alpha value is -5.04. The van der Waals surface area contributed by atoms with E-state index >= 15 is 0 Å². The summed E-state index contributed by atoms with van der Waals surface area (Å²) >= 11 is 0. The van der Waals surface area contributed by atoms with Gasteiger partial charge in [-0.15, -0.1) is 0 Å². The molecule has 0 saturated heterocycles. The van der Waals surface area contributed by atoms with E-state index in [0.29, 0.717) is 40.4 Å². The molecule has 0 spiro atoms. The molecule has 3 aromatic heterocycles. The fraction of sp³-hybridized carbons (Fsp3) is 0.231. The molecule has 2 aromatic carbocycles. The van der Waals surface area contributed by atoms with Crippen LogP contribution in [0.3, 0.4) is 0 Å². The van der Waals surface area contributed by atoms with Gasteiger partial charge in [-0.05, 0) is 30.2 Å². The molecular formula is C26H26N8O5. The van der Waals surface area contributed by atoms with Crippen LogP contribution in [-0.2, 0) is 29.6 Å². The zero-order valence-corrected chi connectivity index (χ0v) is 21.0. The summed E-state index contributed by atoms with van der Waals surface area (Å²) in [5.74, 6) is -0.385. The number of rotatable bonds is 9. The van der Waals surface area contributed by atoms with Crippen LogP contribution in [0.25, 0.3) is 22.2 Å². The zero-order valence-electron chi connectivity index (χ0n) is 21.0. The van der Waals surface area contributed by atoms with Gasteiger partial charge in [-0.1, -0.05) is 30.3 Å². The van der Waals surface area contributed by atoms with Gasteiger partial charge in [0.1, 0.15) is 17.7 Å². The number of carbonyl (C=O) groups excluding carboxylic acids is 1. The standard InChI is InChI=1S/C26H26N8O5/c1-33-23-22(24(36)32-26(33)39)34(13-14-5-3-2-4-6-14)20(31-23)12-19-29-17-9-7-15(11-18(17)30-19)28-21(35)10-8-16(27)25(37)38/h2-7,9,11,16H,8,10,12-13,27H2,1H3,(H,28,35)(H,29,30)(H,37,38)(H,32,36,39)/t16-/m1/s1. The van der Waals surface area contributed by atoms with Crippen LogP contribution in [0.2, 0.25) is 0 Å². The van der Waals surface area contributed by atoms with Crippen molar-refractivity contribution in [1.29, 1.82) is 0 Å². The smallest absolute Gasteiger partial charge is 0.329 e. The molecule has 13 nitrogen and oxygen atoms in total. The number of nitrogens with one attached hydrogen (secondary N) is 3. The lowest BCUT2D eigenvalue weighted by Gasteiger charge is -2.08. The van der Waals surface area contributed by atoms with Crippen LogP contribution in [0.5, 0.6) is 0 Å². The van der Waals surface area contributed by atoms with Crippen LogP contribution >= 0.6 is 0 Å². The number of aromatic nitrogens is 6. The molecule has 0 fully saturated rings. The molecule has 0 radical (unpaired) electrons. The van der Waals surface area contributed by atoms with E-state index in [2.05, 4.69) is 25.3 Å². The number of aliphatic carboxylic acids is 1. The molecule has 0 aliphatic carbocycles. The number of fused-ring (bicyclic) bond motifs is 2. The van der Waals surface area contributed by atoms with E-state index in [4.69, 9.17) is 10.8 Å². The average Bonchev–Trinajstić information content (AvgIpc) is 3.47. The number of H-pyrrole nitrogens is 2. The van der Waals surface area contributed by atoms with Gasteiger partial charge in [0.2, 0.25) is 5.91 Å². The van der Waals surface area contributed by atoms with Crippen LogP contribution in [0.1, 0.15) is 30.1 Å². The van der Waals surface area contributed by atoms with Crippen molar-refractivity contribution in [2.24, 2.45) is 12.8 Å². The molecule has 3 heterocycles. The van der Waals surface area contributed by atoms with E-state index in [-0.39, 0.29) is 30.8 Å². The maximum absolute atomic E-state index is 12.8. The molecular weight excluding hydrogens is 504 g/mol. The van der Waals surface area contributed by atoms with Gasteiger partial charge in [0.25, 0.3) is 5.56 Å². The summed E-state index contributed by atoms with van der Waals surface area (Å²) in [5.41, 5.74) is 7.77. The Morgan fingerprint density at radius 3 is 2.62 bits per heavy atom. The van der Waals surface area contributed by atoms with Gasteiger partial charge in [-0.3, -0.25) is 23.9 Å². The predicted octanol–water partition coefficient (Wildman–Crippen LogP) is 1.07. The maximum atomic E-state index is 12.8. The van der Waals surface area contributed by atoms with E-state index < -0.39 is 23.3 Å². The number of nitrogens with two attached hydrogens (primary N) is 1. The second-order valence-corrected chi connectivity index (χ2v) is 9.21. The summed E-state index contributed by atoms with van der Waals surface area (Å²) in [6.45, 7) is 0.371. The lowest BCUT2D eigenvalue weighted by atomic mass is 10.1. The first-order valence-electron chi connectivity index (χ1n) is 12.2. The van der Waals surface area contributed by atoms with Crippen molar-refractivity contribution >= 4 is 39.8 Å². The Morgan fingerprint density at radius 1 is 1.10 bits per heavy atom. The lowest BCUT2D eigenvalue weighted by molar-refractivity contribution is -0.138. The van der Waals surface area contributed by atoms with Gasteiger partial charge in [-0.25, -0.2) is 14.8 Å². The SMILES string of the molecule is Cn1c(=O)[nH]c(=O)c2c1nc(Cc1nc3ccc(NC(=O)CC[C@@H](N)C(=O)O)cc3[nH]1)n2Cc1ccccc1. The summed E-state index contributed by atoms with van der Waals surface area (Å²) in [6.07, 6.45) is 0.244. The molecule has 0 aliphatic rings. The third kappa shape index (κ3) is 5.33. The molecule has 1 amide bonds. The Labute approximate surface area is 220 Å². The topological polar surface area (TPSA) is 194 Å². The average molecular weight is 531 g/mol. The Bertz CT molecular complexity index is 1820. The van der Waals surface area contributed by atoms with Crippen molar-refractivity contribution in [3.63, 3.8) is 0 Å². The lowest BCUT2D eigenvalue weighted by Crippen LogP contribution is -2.31. The number of imidazole rings is 2. The number of hydrogen-bond donors (Lipinski definition) is 5. The van der Waals surface area contributed by atoms with Crippen molar-refractivity contribution in [3.8, 4) is 0 Å². The highest BCUT2D eigenvalue weighted by Crippen LogP contribution is 2.21. The minimum atomic E-state index is -1.15. The Morgan fingerprint density at radius 2 is 1.87 bits per heavy atom. The molecule has 0 bridgehead atoms. The van der Waals surface area contributed by atoms with E-state index in [1.54, 1.807) is 29.8 Å². The monoisotopic (exact) mass is 530 g/mol. The Kier molecular flexibility index (Phi) is 6.81. The summed E-state index contributed by atoms with van der Waals surface area (Å²) in [4.78, 5) is 62.9. The van der Waals surface area contributed by atoms with Crippen molar-refractivity contribution in [2.45, 2.75) is 31.8 Å². The van der Waals surface area contributed by atoms with E-state index in [1.807, 2.05) is 30.3 Å². The fourth-order valence-corrected chi connectivity index (χ4v) is 4.36. The molecule has 200 valence electrons. The normalized spacial score (nSPS) is 12.2. The number of carbonyl (C=O) groups is 2. The van der Waals surface area contributed by atoms with Gasteiger partial charge in [-0.2, -0.15) is 0 Å². The van der Waals surface area contributed by atoms with Crippen LogP contribution in [0.15, 0.2) is 58.1 Å². The summed E-state index contributed by atoms with van der Waals surface area (Å²) in [7, 11) is 1.55. The molecule has 5 rings (SSSR count). The van der Waals surface area contributed by atoms with E-state index in [9.17, 15) is 19.2 Å². The quantitative estimate of drug-likeness (QED) is 0.187. The number of aryl methyl sites for hydroxylation is 1. The van der Waals surface area contributed by atoms with Crippen molar-refractivity contribution in [2.75, 3.05) is 5.32 Å². The second kappa shape index (κ2) is 10.4. The highest BCUT2D eigenvalue weighted by Gasteiger charge is 2.19. The number of amides is 1. The zero-order chi connectivity index (χ0) is 27.7. The van der Waals surface area contributed by atoms with Crippen LogP contribution in [-0.4, -0.2) is 52.1 Å². The second-order valence-electron chi connectivity index (χ2n) is 9.21. The molecule has 1 atom stereocenters. The summed E-state index contributed by atoms with van der Waals surface area (Å²) in [5, 5.41) is 11.6. The largest absolute Gasteiger partial charge is 0.480 e. The fourth-order valence-electron chi connectivity index (χ4n) is 4.36. The molecule has 0 unspecified atom stereocenters. The van der Waals surface area contributed by atoms with Crippen molar-refractivity contribution < 1.29 is 14.7 Å². The summed E-state index contributed by atoms with van der Waals surface area (Å²) in [6, 6.07) is 13.7. The molecule has 6 N–H and O–H groups in total. The molecule has 0 aliphatic heterocycles. The van der Waals surface area contributed by atoms with Crippen molar-refractivity contribution in [1.82, 2.24) is 29.1 Å². The van der Waals surface area contributed by atoms with Gasteiger partial charge in [0, 0.05) is 25.7 Å². The van der Waals surface area contributed by atoms with E-state index in [0.717, 1.165) is 5.56 Å².